The monoisotopic (exact) mass is 326 g/mol. The lowest BCUT2D eigenvalue weighted by Crippen LogP contribution is -2.13. The van der Waals surface area contributed by atoms with Gasteiger partial charge in [-0.2, -0.15) is 0 Å². The normalized spacial score (nSPS) is 10.3. The molecule has 2 aromatic carbocycles. The number of hydrogen-bond donors (Lipinski definition) is 2. The summed E-state index contributed by atoms with van der Waals surface area (Å²) in [6.07, 6.45) is 0. The van der Waals surface area contributed by atoms with Crippen LogP contribution in [0.1, 0.15) is 10.4 Å². The minimum absolute atomic E-state index is 0.0387. The second kappa shape index (κ2) is 5.36. The highest BCUT2D eigenvalue weighted by molar-refractivity contribution is 9.10. The number of anilines is 2. The summed E-state index contributed by atoms with van der Waals surface area (Å²) in [7, 11) is 0. The van der Waals surface area contributed by atoms with Gasteiger partial charge < -0.3 is 11.1 Å². The third kappa shape index (κ3) is 3.08. The lowest BCUT2D eigenvalue weighted by molar-refractivity contribution is 0.102. The number of nitrogens with two attached hydrogens (primary N) is 1. The van der Waals surface area contributed by atoms with Gasteiger partial charge in [0, 0.05) is 17.4 Å². The van der Waals surface area contributed by atoms with E-state index in [0.717, 1.165) is 18.2 Å². The van der Waals surface area contributed by atoms with Crippen molar-refractivity contribution in [2.75, 3.05) is 11.1 Å². The van der Waals surface area contributed by atoms with Gasteiger partial charge in [0.05, 0.1) is 10.0 Å². The van der Waals surface area contributed by atoms with E-state index < -0.39 is 17.5 Å². The molecule has 0 unspecified atom stereocenters. The van der Waals surface area contributed by atoms with Crippen LogP contribution in [-0.2, 0) is 0 Å². The van der Waals surface area contributed by atoms with Crippen molar-refractivity contribution >= 4 is 33.2 Å². The zero-order chi connectivity index (χ0) is 14.0. The van der Waals surface area contributed by atoms with Crippen molar-refractivity contribution in [2.24, 2.45) is 0 Å². The van der Waals surface area contributed by atoms with Crippen LogP contribution in [-0.4, -0.2) is 5.91 Å². The first-order chi connectivity index (χ1) is 8.97. The Kier molecular flexibility index (Phi) is 3.80. The number of amides is 1. The van der Waals surface area contributed by atoms with Gasteiger partial charge in [-0.25, -0.2) is 8.78 Å². The van der Waals surface area contributed by atoms with Crippen molar-refractivity contribution in [3.63, 3.8) is 0 Å². The van der Waals surface area contributed by atoms with Gasteiger partial charge in [-0.1, -0.05) is 6.07 Å². The number of halogens is 3. The van der Waals surface area contributed by atoms with Gasteiger partial charge in [0.15, 0.2) is 0 Å². The molecule has 0 bridgehead atoms. The van der Waals surface area contributed by atoms with Gasteiger partial charge >= 0.3 is 0 Å². The lowest BCUT2D eigenvalue weighted by Gasteiger charge is -2.08. The van der Waals surface area contributed by atoms with Crippen LogP contribution in [0, 0.1) is 11.6 Å². The highest BCUT2D eigenvalue weighted by Crippen LogP contribution is 2.24. The maximum absolute atomic E-state index is 13.0. The van der Waals surface area contributed by atoms with Crippen molar-refractivity contribution in [3.8, 4) is 0 Å². The molecule has 0 aliphatic rings. The SMILES string of the molecule is Nc1cccc(C(=O)Nc2cc(F)cc(F)c2)c1Br. The molecule has 0 aromatic heterocycles. The van der Waals surface area contributed by atoms with E-state index in [1.54, 1.807) is 18.2 Å². The quantitative estimate of drug-likeness (QED) is 0.829. The van der Waals surface area contributed by atoms with E-state index in [0.29, 0.717) is 10.2 Å². The molecule has 0 radical (unpaired) electrons. The highest BCUT2D eigenvalue weighted by atomic mass is 79.9. The average molecular weight is 327 g/mol. The molecular weight excluding hydrogens is 318 g/mol. The Morgan fingerprint density at radius 2 is 1.79 bits per heavy atom. The summed E-state index contributed by atoms with van der Waals surface area (Å²) in [6, 6.07) is 7.57. The Balaban J connectivity index is 2.28. The minimum Gasteiger partial charge on any atom is -0.398 e. The smallest absolute Gasteiger partial charge is 0.256 e. The lowest BCUT2D eigenvalue weighted by atomic mass is 10.2. The van der Waals surface area contributed by atoms with Crippen molar-refractivity contribution < 1.29 is 13.6 Å². The number of rotatable bonds is 2. The molecule has 6 heteroatoms. The summed E-state index contributed by atoms with van der Waals surface area (Å²) in [4.78, 5) is 12.0. The molecule has 3 nitrogen and oxygen atoms in total. The summed E-state index contributed by atoms with van der Waals surface area (Å²) in [6.45, 7) is 0. The second-order valence-electron chi connectivity index (χ2n) is 3.82. The van der Waals surface area contributed by atoms with Crippen LogP contribution >= 0.6 is 15.9 Å². The topological polar surface area (TPSA) is 55.1 Å². The molecule has 0 heterocycles. The first kappa shape index (κ1) is 13.5. The van der Waals surface area contributed by atoms with Crippen LogP contribution in [0.15, 0.2) is 40.9 Å². The van der Waals surface area contributed by atoms with Gasteiger partial charge in [-0.05, 0) is 40.2 Å². The molecule has 0 aliphatic heterocycles. The van der Waals surface area contributed by atoms with E-state index in [2.05, 4.69) is 21.2 Å². The largest absolute Gasteiger partial charge is 0.398 e. The third-order valence-electron chi connectivity index (χ3n) is 2.39. The molecule has 0 saturated heterocycles. The summed E-state index contributed by atoms with van der Waals surface area (Å²) in [5.41, 5.74) is 6.37. The Morgan fingerprint density at radius 1 is 1.16 bits per heavy atom. The molecule has 0 spiro atoms. The summed E-state index contributed by atoms with van der Waals surface area (Å²) in [5, 5.41) is 2.40. The van der Waals surface area contributed by atoms with Crippen molar-refractivity contribution in [3.05, 3.63) is 58.1 Å². The van der Waals surface area contributed by atoms with Gasteiger partial charge in [-0.15, -0.1) is 0 Å². The van der Waals surface area contributed by atoms with Crippen molar-refractivity contribution in [1.82, 2.24) is 0 Å². The Bertz CT molecular complexity index is 626. The van der Waals surface area contributed by atoms with E-state index >= 15 is 0 Å². The summed E-state index contributed by atoms with van der Waals surface area (Å²) >= 11 is 3.19. The van der Waals surface area contributed by atoms with Gasteiger partial charge in [0.2, 0.25) is 0 Å². The van der Waals surface area contributed by atoms with Gasteiger partial charge in [-0.3, -0.25) is 4.79 Å². The predicted octanol–water partition coefficient (Wildman–Crippen LogP) is 3.56. The molecule has 0 saturated carbocycles. The van der Waals surface area contributed by atoms with E-state index in [9.17, 15) is 13.6 Å². The fourth-order valence-electron chi connectivity index (χ4n) is 1.55. The Hall–Kier alpha value is -1.95. The molecule has 2 aromatic rings. The standard InChI is InChI=1S/C13H9BrF2N2O/c14-12-10(2-1-3-11(12)17)13(19)18-9-5-7(15)4-8(16)6-9/h1-6H,17H2,(H,18,19). The fraction of sp³-hybridized carbons (Fsp3) is 0. The summed E-state index contributed by atoms with van der Waals surface area (Å²) < 4.78 is 26.4. The fourth-order valence-corrected chi connectivity index (χ4v) is 1.99. The number of nitrogen functional groups attached to an aromatic ring is 1. The molecule has 0 atom stereocenters. The molecule has 0 fully saturated rings. The Labute approximate surface area is 116 Å². The zero-order valence-electron chi connectivity index (χ0n) is 9.58. The number of hydrogen-bond acceptors (Lipinski definition) is 2. The van der Waals surface area contributed by atoms with Crippen molar-refractivity contribution in [1.29, 1.82) is 0 Å². The average Bonchev–Trinajstić information content (AvgIpc) is 2.31. The maximum atomic E-state index is 13.0. The summed E-state index contributed by atoms with van der Waals surface area (Å²) in [5.74, 6) is -2.03. The number of benzene rings is 2. The molecule has 0 aliphatic carbocycles. The second-order valence-corrected chi connectivity index (χ2v) is 4.61. The first-order valence-electron chi connectivity index (χ1n) is 5.29. The van der Waals surface area contributed by atoms with Crippen LogP contribution in [0.25, 0.3) is 0 Å². The van der Waals surface area contributed by atoms with E-state index in [1.165, 1.54) is 0 Å². The highest BCUT2D eigenvalue weighted by Gasteiger charge is 2.12. The Morgan fingerprint density at radius 3 is 2.42 bits per heavy atom. The van der Waals surface area contributed by atoms with Crippen LogP contribution in [0.3, 0.4) is 0 Å². The molecule has 98 valence electrons. The molecule has 19 heavy (non-hydrogen) atoms. The molecule has 2 rings (SSSR count). The van der Waals surface area contributed by atoms with E-state index in [1.807, 2.05) is 0 Å². The van der Waals surface area contributed by atoms with Crippen LogP contribution in [0.5, 0.6) is 0 Å². The van der Waals surface area contributed by atoms with Crippen molar-refractivity contribution in [2.45, 2.75) is 0 Å². The minimum atomic E-state index is -0.762. The predicted molar refractivity (Wildman–Crippen MR) is 72.9 cm³/mol. The van der Waals surface area contributed by atoms with Crippen LogP contribution in [0.2, 0.25) is 0 Å². The van der Waals surface area contributed by atoms with Gasteiger partial charge in [0.1, 0.15) is 11.6 Å². The molecular formula is C13H9BrF2N2O. The van der Waals surface area contributed by atoms with E-state index in [4.69, 9.17) is 5.73 Å². The number of nitrogens with one attached hydrogen (secondary N) is 1. The van der Waals surface area contributed by atoms with Crippen LogP contribution < -0.4 is 11.1 Å². The van der Waals surface area contributed by atoms with Crippen LogP contribution in [0.4, 0.5) is 20.2 Å². The maximum Gasteiger partial charge on any atom is 0.256 e. The third-order valence-corrected chi connectivity index (χ3v) is 3.28. The number of carbonyl (C=O) groups excluding carboxylic acids is 1. The van der Waals surface area contributed by atoms with E-state index in [-0.39, 0.29) is 11.3 Å². The van der Waals surface area contributed by atoms with Gasteiger partial charge in [0.25, 0.3) is 5.91 Å². The molecule has 1 amide bonds. The molecule has 3 N–H and O–H groups in total. The zero-order valence-corrected chi connectivity index (χ0v) is 11.2. The first-order valence-corrected chi connectivity index (χ1v) is 6.08. The number of carbonyl (C=O) groups is 1.